The number of halogens is 2. The van der Waals surface area contributed by atoms with Crippen LogP contribution in [0, 0.1) is 0 Å². The molecule has 0 saturated carbocycles. The molecule has 116 valence electrons. The van der Waals surface area contributed by atoms with Crippen molar-refractivity contribution in [1.29, 1.82) is 0 Å². The summed E-state index contributed by atoms with van der Waals surface area (Å²) in [5, 5.41) is 0.723. The summed E-state index contributed by atoms with van der Waals surface area (Å²) in [4.78, 5) is 12.1. The molecule has 4 nitrogen and oxygen atoms in total. The Kier molecular flexibility index (Phi) is 5.16. The predicted octanol–water partition coefficient (Wildman–Crippen LogP) is 4.34. The number of carbonyl (C=O) groups is 1. The van der Waals surface area contributed by atoms with Crippen molar-refractivity contribution in [2.75, 3.05) is 7.11 Å². The number of hydrogen-bond acceptors (Lipinski definition) is 4. The van der Waals surface area contributed by atoms with E-state index < -0.39 is 11.8 Å². The lowest BCUT2D eigenvalue weighted by Crippen LogP contribution is -2.48. The first kappa shape index (κ1) is 16.5. The minimum Gasteiger partial charge on any atom is -0.463 e. The third kappa shape index (κ3) is 3.84. The molecule has 0 amide bonds. The van der Waals surface area contributed by atoms with Crippen molar-refractivity contribution in [1.82, 2.24) is 0 Å². The molecule has 0 radical (unpaired) electrons. The van der Waals surface area contributed by atoms with Crippen molar-refractivity contribution in [3.8, 4) is 11.5 Å². The van der Waals surface area contributed by atoms with Crippen LogP contribution in [-0.2, 0) is 9.53 Å². The van der Waals surface area contributed by atoms with Crippen LogP contribution < -0.4 is 9.47 Å². The average Bonchev–Trinajstić information content (AvgIpc) is 2.50. The molecule has 0 heterocycles. The first-order chi connectivity index (χ1) is 10.4. The van der Waals surface area contributed by atoms with Crippen molar-refractivity contribution in [3.63, 3.8) is 0 Å². The van der Waals surface area contributed by atoms with Crippen molar-refractivity contribution < 1.29 is 19.0 Å². The maximum absolute atomic E-state index is 12.1. The van der Waals surface area contributed by atoms with E-state index in [1.165, 1.54) is 20.1 Å². The van der Waals surface area contributed by atoms with Gasteiger partial charge in [-0.15, -0.1) is 0 Å². The van der Waals surface area contributed by atoms with Crippen LogP contribution >= 0.6 is 23.2 Å². The lowest BCUT2D eigenvalue weighted by Gasteiger charge is -2.28. The number of esters is 1. The van der Waals surface area contributed by atoms with E-state index in [0.29, 0.717) is 10.8 Å². The summed E-state index contributed by atoms with van der Waals surface area (Å²) in [6.07, 6.45) is 0. The van der Waals surface area contributed by atoms with Crippen molar-refractivity contribution in [2.24, 2.45) is 0 Å². The van der Waals surface area contributed by atoms with Crippen molar-refractivity contribution in [3.05, 3.63) is 58.6 Å². The molecule has 1 atom stereocenters. The Morgan fingerprint density at radius 2 is 1.73 bits per heavy atom. The highest BCUT2D eigenvalue weighted by Gasteiger charge is 2.40. The molecule has 0 spiro atoms. The quantitative estimate of drug-likeness (QED) is 0.599. The number of para-hydroxylation sites is 1. The summed E-state index contributed by atoms with van der Waals surface area (Å²) in [7, 11) is 1.25. The molecule has 1 unspecified atom stereocenters. The zero-order valence-corrected chi connectivity index (χ0v) is 13.5. The van der Waals surface area contributed by atoms with Crippen LogP contribution in [0.3, 0.4) is 0 Å². The molecular formula is C16H14Cl2O4. The molecule has 0 saturated heterocycles. The molecule has 0 N–H and O–H groups in total. The highest BCUT2D eigenvalue weighted by molar-refractivity contribution is 6.35. The van der Waals surface area contributed by atoms with E-state index in [9.17, 15) is 4.79 Å². The Bertz CT molecular complexity index is 660. The lowest BCUT2D eigenvalue weighted by molar-refractivity contribution is -0.184. The molecule has 0 aliphatic heterocycles. The number of methoxy groups -OCH3 is 1. The van der Waals surface area contributed by atoms with Gasteiger partial charge < -0.3 is 14.2 Å². The van der Waals surface area contributed by atoms with Gasteiger partial charge in [-0.05, 0) is 30.3 Å². The van der Waals surface area contributed by atoms with E-state index >= 15 is 0 Å². The van der Waals surface area contributed by atoms with Gasteiger partial charge in [-0.2, -0.15) is 0 Å². The fourth-order valence-electron chi connectivity index (χ4n) is 1.77. The van der Waals surface area contributed by atoms with Gasteiger partial charge >= 0.3 is 11.8 Å². The molecule has 0 aromatic heterocycles. The molecule has 6 heteroatoms. The third-order valence-corrected chi connectivity index (χ3v) is 3.34. The number of carbonyl (C=O) groups excluding carboxylic acids is 1. The summed E-state index contributed by atoms with van der Waals surface area (Å²) in [5.74, 6) is -1.66. The van der Waals surface area contributed by atoms with Gasteiger partial charge in [-0.1, -0.05) is 41.4 Å². The van der Waals surface area contributed by atoms with Gasteiger partial charge in [-0.25, -0.2) is 4.79 Å². The monoisotopic (exact) mass is 340 g/mol. The van der Waals surface area contributed by atoms with Crippen LogP contribution in [0.4, 0.5) is 0 Å². The number of rotatable bonds is 5. The molecule has 0 bridgehead atoms. The van der Waals surface area contributed by atoms with Crippen LogP contribution in [-0.4, -0.2) is 18.9 Å². The molecule has 0 fully saturated rings. The van der Waals surface area contributed by atoms with Crippen LogP contribution in [0.1, 0.15) is 6.92 Å². The Morgan fingerprint density at radius 1 is 1.05 bits per heavy atom. The second kappa shape index (κ2) is 6.90. The molecule has 2 aromatic carbocycles. The van der Waals surface area contributed by atoms with Crippen LogP contribution in [0.5, 0.6) is 11.5 Å². The largest absolute Gasteiger partial charge is 0.463 e. The first-order valence-corrected chi connectivity index (χ1v) is 7.17. The number of benzene rings is 2. The fraction of sp³-hybridized carbons (Fsp3) is 0.188. The Hall–Kier alpha value is -1.91. The highest BCUT2D eigenvalue weighted by atomic mass is 35.5. The molecule has 2 aromatic rings. The average molecular weight is 341 g/mol. The van der Waals surface area contributed by atoms with E-state index in [1.54, 1.807) is 36.4 Å². The third-order valence-electron chi connectivity index (χ3n) is 2.81. The Morgan fingerprint density at radius 3 is 2.32 bits per heavy atom. The first-order valence-electron chi connectivity index (χ1n) is 6.41. The molecule has 2 rings (SSSR count). The number of hydrogen-bond donors (Lipinski definition) is 0. The highest BCUT2D eigenvalue weighted by Crippen LogP contribution is 2.32. The molecule has 0 aliphatic carbocycles. The van der Waals surface area contributed by atoms with Gasteiger partial charge in [0.05, 0.1) is 12.1 Å². The Labute approximate surface area is 138 Å². The zero-order chi connectivity index (χ0) is 16.2. The van der Waals surface area contributed by atoms with E-state index in [2.05, 4.69) is 0 Å². The van der Waals surface area contributed by atoms with Crippen molar-refractivity contribution in [2.45, 2.75) is 12.7 Å². The van der Waals surface area contributed by atoms with Gasteiger partial charge in [0.1, 0.15) is 11.5 Å². The van der Waals surface area contributed by atoms with E-state index in [4.69, 9.17) is 37.4 Å². The van der Waals surface area contributed by atoms with Gasteiger partial charge in [0.15, 0.2) is 0 Å². The van der Waals surface area contributed by atoms with E-state index in [0.717, 1.165) is 0 Å². The van der Waals surface area contributed by atoms with Crippen LogP contribution in [0.25, 0.3) is 0 Å². The molecule has 22 heavy (non-hydrogen) atoms. The van der Waals surface area contributed by atoms with E-state index in [-0.39, 0.29) is 10.8 Å². The SMILES string of the molecule is COC(=O)C(C)(Oc1ccccc1)Oc1ccc(Cl)cc1Cl. The van der Waals surface area contributed by atoms with Gasteiger partial charge in [0.2, 0.25) is 0 Å². The minimum absolute atomic E-state index is 0.259. The summed E-state index contributed by atoms with van der Waals surface area (Å²) < 4.78 is 16.1. The molecular weight excluding hydrogens is 327 g/mol. The summed E-state index contributed by atoms with van der Waals surface area (Å²) >= 11 is 11.9. The maximum atomic E-state index is 12.1. The fourth-order valence-corrected chi connectivity index (χ4v) is 2.22. The normalized spacial score (nSPS) is 13.1. The second-order valence-corrected chi connectivity index (χ2v) is 5.37. The predicted molar refractivity (Wildman–Crippen MR) is 84.6 cm³/mol. The zero-order valence-electron chi connectivity index (χ0n) is 12.0. The van der Waals surface area contributed by atoms with E-state index in [1.807, 2.05) is 6.07 Å². The minimum atomic E-state index is -1.69. The summed E-state index contributed by atoms with van der Waals surface area (Å²) in [5.41, 5.74) is 0. The maximum Gasteiger partial charge on any atom is 0.392 e. The second-order valence-electron chi connectivity index (χ2n) is 4.53. The van der Waals surface area contributed by atoms with Gasteiger partial charge in [0.25, 0.3) is 0 Å². The molecule has 0 aliphatic rings. The standard InChI is InChI=1S/C16H14Cl2O4/c1-16(15(19)20-2,21-12-6-4-3-5-7-12)22-14-9-8-11(17)10-13(14)18/h3-10H,1-2H3. The summed E-state index contributed by atoms with van der Waals surface area (Å²) in [6, 6.07) is 13.5. The van der Waals surface area contributed by atoms with Gasteiger partial charge in [-0.3, -0.25) is 0 Å². The van der Waals surface area contributed by atoms with Crippen molar-refractivity contribution >= 4 is 29.2 Å². The van der Waals surface area contributed by atoms with Gasteiger partial charge in [0, 0.05) is 11.9 Å². The summed E-state index contributed by atoms with van der Waals surface area (Å²) in [6.45, 7) is 1.46. The van der Waals surface area contributed by atoms with Crippen LogP contribution in [0.2, 0.25) is 10.0 Å². The topological polar surface area (TPSA) is 44.8 Å². The lowest BCUT2D eigenvalue weighted by atomic mass is 10.3. The van der Waals surface area contributed by atoms with Crippen LogP contribution in [0.15, 0.2) is 48.5 Å². The Balaban J connectivity index is 2.31. The number of ether oxygens (including phenoxy) is 3. The smallest absolute Gasteiger partial charge is 0.392 e.